The lowest BCUT2D eigenvalue weighted by Gasteiger charge is -2.15. The number of hydrazine groups is 1. The molecule has 27 heavy (non-hydrogen) atoms. The average Bonchev–Trinajstić information content (AvgIpc) is 2.60. The van der Waals surface area contributed by atoms with E-state index in [1.807, 2.05) is 0 Å². The van der Waals surface area contributed by atoms with E-state index in [4.69, 9.17) is 9.88 Å². The van der Waals surface area contributed by atoms with E-state index in [9.17, 15) is 22.4 Å². The Morgan fingerprint density at radius 3 is 2.44 bits per heavy atom. The van der Waals surface area contributed by atoms with Gasteiger partial charge in [0.25, 0.3) is 11.8 Å². The number of rotatable bonds is 5. The first-order chi connectivity index (χ1) is 12.6. The lowest BCUT2D eigenvalue weighted by atomic mass is 10.1. The summed E-state index contributed by atoms with van der Waals surface area (Å²) in [5.74, 6) is -2.23. The SMILES string of the molecule is Cc1ccc(C(=O)NNC(=O)[C@@H](C)Oc2ccccc2F)cc1S(N)(=O)=O. The topological polar surface area (TPSA) is 128 Å². The van der Waals surface area contributed by atoms with Gasteiger partial charge >= 0.3 is 0 Å². The van der Waals surface area contributed by atoms with Crippen LogP contribution in [0.4, 0.5) is 4.39 Å². The molecule has 0 aliphatic rings. The molecule has 0 saturated heterocycles. The number of primary sulfonamides is 1. The Bertz CT molecular complexity index is 978. The van der Waals surface area contributed by atoms with Crippen LogP contribution in [0.5, 0.6) is 5.75 Å². The quantitative estimate of drug-likeness (QED) is 0.651. The van der Waals surface area contributed by atoms with E-state index < -0.39 is 33.8 Å². The highest BCUT2D eigenvalue weighted by atomic mass is 32.2. The fraction of sp³-hybridized carbons (Fsp3) is 0.176. The fourth-order valence-corrected chi connectivity index (χ4v) is 2.93. The van der Waals surface area contributed by atoms with E-state index >= 15 is 0 Å². The number of halogens is 1. The molecule has 1 atom stereocenters. The highest BCUT2D eigenvalue weighted by Gasteiger charge is 2.19. The van der Waals surface area contributed by atoms with Crippen molar-refractivity contribution in [2.75, 3.05) is 0 Å². The maximum absolute atomic E-state index is 13.5. The third-order valence-electron chi connectivity index (χ3n) is 3.57. The van der Waals surface area contributed by atoms with Gasteiger partial charge in [0.05, 0.1) is 4.90 Å². The molecule has 0 heterocycles. The minimum absolute atomic E-state index is 0.0207. The summed E-state index contributed by atoms with van der Waals surface area (Å²) in [5.41, 5.74) is 4.62. The summed E-state index contributed by atoms with van der Waals surface area (Å²) >= 11 is 0. The van der Waals surface area contributed by atoms with Crippen LogP contribution in [0.2, 0.25) is 0 Å². The minimum atomic E-state index is -4.00. The van der Waals surface area contributed by atoms with E-state index in [0.717, 1.165) is 6.07 Å². The molecule has 10 heteroatoms. The van der Waals surface area contributed by atoms with Gasteiger partial charge in [0.15, 0.2) is 17.7 Å². The van der Waals surface area contributed by atoms with Crippen molar-refractivity contribution in [1.29, 1.82) is 0 Å². The Morgan fingerprint density at radius 2 is 1.81 bits per heavy atom. The van der Waals surface area contributed by atoms with E-state index in [1.54, 1.807) is 6.07 Å². The maximum Gasteiger partial charge on any atom is 0.279 e. The minimum Gasteiger partial charge on any atom is -0.478 e. The van der Waals surface area contributed by atoms with Crippen molar-refractivity contribution in [3.05, 3.63) is 59.4 Å². The van der Waals surface area contributed by atoms with Crippen molar-refractivity contribution in [3.63, 3.8) is 0 Å². The van der Waals surface area contributed by atoms with Crippen molar-refractivity contribution in [3.8, 4) is 5.75 Å². The maximum atomic E-state index is 13.5. The third-order valence-corrected chi connectivity index (χ3v) is 4.62. The summed E-state index contributed by atoms with van der Waals surface area (Å²) in [7, 11) is -4.00. The monoisotopic (exact) mass is 395 g/mol. The summed E-state index contributed by atoms with van der Waals surface area (Å²) in [5, 5.41) is 5.10. The highest BCUT2D eigenvalue weighted by molar-refractivity contribution is 7.89. The molecule has 2 aromatic carbocycles. The average molecular weight is 395 g/mol. The Kier molecular flexibility index (Phi) is 6.13. The predicted octanol–water partition coefficient (Wildman–Crippen LogP) is 1.01. The van der Waals surface area contributed by atoms with Crippen molar-refractivity contribution in [1.82, 2.24) is 10.9 Å². The number of amides is 2. The first-order valence-corrected chi connectivity index (χ1v) is 9.29. The van der Waals surface area contributed by atoms with Gasteiger partial charge in [-0.2, -0.15) is 0 Å². The van der Waals surface area contributed by atoms with Gasteiger partial charge in [0, 0.05) is 5.56 Å². The Labute approximate surface area is 155 Å². The van der Waals surface area contributed by atoms with Gasteiger partial charge < -0.3 is 4.74 Å². The lowest BCUT2D eigenvalue weighted by Crippen LogP contribution is -2.47. The second kappa shape index (κ2) is 8.14. The number of para-hydroxylation sites is 1. The van der Waals surface area contributed by atoms with Crippen molar-refractivity contribution >= 4 is 21.8 Å². The molecular weight excluding hydrogens is 377 g/mol. The molecule has 0 bridgehead atoms. The molecule has 0 aliphatic carbocycles. The standard InChI is InChI=1S/C17H18FN3O5S/c1-10-7-8-12(9-15(10)27(19,24)25)17(23)21-20-16(22)11(2)26-14-6-4-3-5-13(14)18/h3-9,11H,1-2H3,(H,20,22)(H,21,23)(H2,19,24,25)/t11-/m1/s1. The molecule has 2 amide bonds. The van der Waals surface area contributed by atoms with Gasteiger partial charge in [-0.3, -0.25) is 20.4 Å². The van der Waals surface area contributed by atoms with Crippen LogP contribution in [-0.2, 0) is 14.8 Å². The molecule has 0 radical (unpaired) electrons. The van der Waals surface area contributed by atoms with Crippen molar-refractivity contribution < 1.29 is 27.1 Å². The molecule has 0 spiro atoms. The van der Waals surface area contributed by atoms with Gasteiger partial charge in [-0.15, -0.1) is 0 Å². The lowest BCUT2D eigenvalue weighted by molar-refractivity contribution is -0.128. The van der Waals surface area contributed by atoms with Crippen LogP contribution in [0.3, 0.4) is 0 Å². The first kappa shape index (κ1) is 20.3. The molecule has 0 unspecified atom stereocenters. The zero-order chi connectivity index (χ0) is 20.2. The Hall–Kier alpha value is -2.98. The smallest absolute Gasteiger partial charge is 0.279 e. The summed E-state index contributed by atoms with van der Waals surface area (Å²) in [4.78, 5) is 23.9. The van der Waals surface area contributed by atoms with E-state index in [1.165, 1.54) is 44.2 Å². The van der Waals surface area contributed by atoms with Crippen LogP contribution in [0.1, 0.15) is 22.8 Å². The summed E-state index contributed by atoms with van der Waals surface area (Å²) in [6.45, 7) is 2.91. The number of hydrogen-bond acceptors (Lipinski definition) is 5. The number of hydrogen-bond donors (Lipinski definition) is 3. The van der Waals surface area contributed by atoms with E-state index in [-0.39, 0.29) is 16.2 Å². The molecule has 8 nitrogen and oxygen atoms in total. The number of carbonyl (C=O) groups is 2. The number of aryl methyl sites for hydroxylation is 1. The van der Waals surface area contributed by atoms with Gasteiger partial charge in [0.2, 0.25) is 10.0 Å². The summed E-state index contributed by atoms with van der Waals surface area (Å²) in [6.07, 6.45) is -1.10. The summed E-state index contributed by atoms with van der Waals surface area (Å²) < 4.78 is 41.7. The van der Waals surface area contributed by atoms with Crippen molar-refractivity contribution in [2.24, 2.45) is 5.14 Å². The number of benzene rings is 2. The van der Waals surface area contributed by atoms with Crippen molar-refractivity contribution in [2.45, 2.75) is 24.8 Å². The molecular formula is C17H18FN3O5S. The molecule has 0 saturated carbocycles. The number of nitrogens with two attached hydrogens (primary N) is 1. The van der Waals surface area contributed by atoms with E-state index in [0.29, 0.717) is 5.56 Å². The van der Waals surface area contributed by atoms with Gasteiger partial charge in [0.1, 0.15) is 0 Å². The predicted molar refractivity (Wildman–Crippen MR) is 94.7 cm³/mol. The molecule has 2 aromatic rings. The molecule has 0 fully saturated rings. The van der Waals surface area contributed by atoms with Gasteiger partial charge in [-0.05, 0) is 43.7 Å². The van der Waals surface area contributed by atoms with Crippen LogP contribution in [0.25, 0.3) is 0 Å². The molecule has 4 N–H and O–H groups in total. The largest absolute Gasteiger partial charge is 0.478 e. The fourth-order valence-electron chi connectivity index (χ4n) is 2.12. The highest BCUT2D eigenvalue weighted by Crippen LogP contribution is 2.17. The van der Waals surface area contributed by atoms with Crippen LogP contribution in [-0.4, -0.2) is 26.3 Å². The van der Waals surface area contributed by atoms with Crippen LogP contribution < -0.4 is 20.7 Å². The number of ether oxygens (including phenoxy) is 1. The second-order valence-electron chi connectivity index (χ2n) is 5.66. The Morgan fingerprint density at radius 1 is 1.15 bits per heavy atom. The number of nitrogens with one attached hydrogen (secondary N) is 2. The molecule has 144 valence electrons. The van der Waals surface area contributed by atoms with E-state index in [2.05, 4.69) is 10.9 Å². The van der Waals surface area contributed by atoms with Crippen LogP contribution in [0.15, 0.2) is 47.4 Å². The zero-order valence-electron chi connectivity index (χ0n) is 14.5. The first-order valence-electron chi connectivity index (χ1n) is 7.74. The molecule has 0 aromatic heterocycles. The Balaban J connectivity index is 2.01. The summed E-state index contributed by atoms with van der Waals surface area (Å²) in [6, 6.07) is 9.47. The van der Waals surface area contributed by atoms with Crippen LogP contribution in [0, 0.1) is 12.7 Å². The number of sulfonamides is 1. The normalized spacial score (nSPS) is 12.1. The molecule has 2 rings (SSSR count). The van der Waals surface area contributed by atoms with Crippen LogP contribution >= 0.6 is 0 Å². The third kappa shape index (κ3) is 5.25. The van der Waals surface area contributed by atoms with Gasteiger partial charge in [-0.25, -0.2) is 17.9 Å². The second-order valence-corrected chi connectivity index (χ2v) is 7.19. The number of carbonyl (C=O) groups excluding carboxylic acids is 2. The molecule has 0 aliphatic heterocycles. The zero-order valence-corrected chi connectivity index (χ0v) is 15.3. The van der Waals surface area contributed by atoms with Gasteiger partial charge in [-0.1, -0.05) is 18.2 Å².